The number of benzene rings is 12. The van der Waals surface area contributed by atoms with E-state index in [0.717, 1.165) is 100 Å². The lowest BCUT2D eigenvalue weighted by molar-refractivity contribution is 0.668. The quantitative estimate of drug-likeness (QED) is 0.160. The lowest BCUT2D eigenvalue weighted by Gasteiger charge is -2.25. The van der Waals surface area contributed by atoms with Gasteiger partial charge in [-0.2, -0.15) is 0 Å². The van der Waals surface area contributed by atoms with Crippen molar-refractivity contribution in [1.82, 2.24) is 13.7 Å². The monoisotopic (exact) mass is 996 g/mol. The Kier molecular flexibility index (Phi) is 9.03. The first-order valence-electron chi connectivity index (χ1n) is 26.6. The molecule has 0 saturated heterocycles. The number of furan rings is 2. The zero-order chi connectivity index (χ0) is 51.0. The molecule has 6 nitrogen and oxygen atoms in total. The van der Waals surface area contributed by atoms with E-state index in [9.17, 15) is 0 Å². The molecule has 364 valence electrons. The molecule has 17 aromatic rings. The standard InChI is InChI=1S/C72H44N4O2/c1-4-16-45(17-5-1)46-28-30-49(31-29-46)76-71-54(35-37-63-69(71)56-23-10-13-25-61(56)74(63)51-33-40-66-58(43-51)53-22-12-15-27-65(53)77-66)55-36-38-64-70(72(55)76)57-24-11-14-26-62(57)75(64)52-34-41-68-60(44-52)59-42-50(32-39-67(59)78-68)73(47-18-6-2-7-19-47)48-20-8-3-9-21-48/h1-44H. The van der Waals surface area contributed by atoms with E-state index in [0.29, 0.717) is 0 Å². The molecular formula is C72H44N4O2. The highest BCUT2D eigenvalue weighted by molar-refractivity contribution is 6.32. The van der Waals surface area contributed by atoms with Crippen molar-refractivity contribution in [3.05, 3.63) is 267 Å². The van der Waals surface area contributed by atoms with E-state index in [4.69, 9.17) is 8.83 Å². The zero-order valence-corrected chi connectivity index (χ0v) is 42.0. The number of hydrogen-bond donors (Lipinski definition) is 0. The molecule has 0 aliphatic carbocycles. The minimum Gasteiger partial charge on any atom is -0.456 e. The van der Waals surface area contributed by atoms with Gasteiger partial charge < -0.3 is 27.4 Å². The van der Waals surface area contributed by atoms with Crippen molar-refractivity contribution >= 4 is 126 Å². The van der Waals surface area contributed by atoms with E-state index >= 15 is 0 Å². The van der Waals surface area contributed by atoms with Crippen LogP contribution in [-0.4, -0.2) is 13.7 Å². The molecular weight excluding hydrogens is 953 g/mol. The van der Waals surface area contributed by atoms with Gasteiger partial charge in [0.15, 0.2) is 0 Å². The maximum absolute atomic E-state index is 6.63. The largest absolute Gasteiger partial charge is 0.456 e. The van der Waals surface area contributed by atoms with Crippen molar-refractivity contribution < 1.29 is 8.83 Å². The van der Waals surface area contributed by atoms with E-state index in [1.807, 2.05) is 12.1 Å². The van der Waals surface area contributed by atoms with Gasteiger partial charge in [0.1, 0.15) is 22.3 Å². The third kappa shape index (κ3) is 6.19. The van der Waals surface area contributed by atoms with Crippen molar-refractivity contribution in [3.63, 3.8) is 0 Å². The molecule has 5 aromatic heterocycles. The summed E-state index contributed by atoms with van der Waals surface area (Å²) < 4.78 is 20.4. The third-order valence-electron chi connectivity index (χ3n) is 16.2. The second-order valence-corrected chi connectivity index (χ2v) is 20.4. The van der Waals surface area contributed by atoms with Crippen LogP contribution in [0.2, 0.25) is 0 Å². The summed E-state index contributed by atoms with van der Waals surface area (Å²) in [7, 11) is 0. The first-order valence-corrected chi connectivity index (χ1v) is 26.6. The molecule has 78 heavy (non-hydrogen) atoms. The number of para-hydroxylation sites is 5. The molecule has 5 heterocycles. The van der Waals surface area contributed by atoms with Crippen LogP contribution in [0.1, 0.15) is 0 Å². The molecule has 0 unspecified atom stereocenters. The summed E-state index contributed by atoms with van der Waals surface area (Å²) in [6.45, 7) is 0. The Morgan fingerprint density at radius 1 is 0.244 bits per heavy atom. The highest BCUT2D eigenvalue weighted by atomic mass is 16.3. The fourth-order valence-corrected chi connectivity index (χ4v) is 12.8. The Morgan fingerprint density at radius 3 is 1.23 bits per heavy atom. The van der Waals surface area contributed by atoms with Gasteiger partial charge in [-0.1, -0.05) is 146 Å². The van der Waals surface area contributed by atoms with Crippen LogP contribution in [0, 0.1) is 0 Å². The van der Waals surface area contributed by atoms with Crippen molar-refractivity contribution in [2.24, 2.45) is 0 Å². The number of rotatable bonds is 7. The molecule has 0 saturated carbocycles. The summed E-state index contributed by atoms with van der Waals surface area (Å²) >= 11 is 0. The van der Waals surface area contributed by atoms with E-state index in [1.54, 1.807) is 0 Å². The van der Waals surface area contributed by atoms with E-state index < -0.39 is 0 Å². The Hall–Kier alpha value is -10.6. The summed E-state index contributed by atoms with van der Waals surface area (Å²) in [5.41, 5.74) is 19.2. The summed E-state index contributed by atoms with van der Waals surface area (Å²) in [4.78, 5) is 2.31. The van der Waals surface area contributed by atoms with E-state index in [-0.39, 0.29) is 0 Å². The summed E-state index contributed by atoms with van der Waals surface area (Å²) in [5.74, 6) is 0. The van der Waals surface area contributed by atoms with Crippen LogP contribution in [0.15, 0.2) is 276 Å². The molecule has 0 N–H and O–H groups in total. The molecule has 0 aliphatic heterocycles. The van der Waals surface area contributed by atoms with Crippen LogP contribution in [0.4, 0.5) is 17.1 Å². The van der Waals surface area contributed by atoms with Gasteiger partial charge in [0.05, 0.1) is 33.1 Å². The average Bonchev–Trinajstić information content (AvgIpc) is 4.26. The van der Waals surface area contributed by atoms with Gasteiger partial charge in [0, 0.05) is 88.0 Å². The number of anilines is 3. The van der Waals surface area contributed by atoms with Crippen LogP contribution < -0.4 is 4.90 Å². The number of fused-ring (bicyclic) bond motifs is 17. The van der Waals surface area contributed by atoms with Crippen molar-refractivity contribution in [2.75, 3.05) is 4.90 Å². The second-order valence-electron chi connectivity index (χ2n) is 20.4. The lowest BCUT2D eigenvalue weighted by atomic mass is 10.1. The van der Waals surface area contributed by atoms with Gasteiger partial charge in [-0.05, 0) is 132 Å². The van der Waals surface area contributed by atoms with E-state index in [2.05, 4.69) is 273 Å². The average molecular weight is 997 g/mol. The molecule has 0 bridgehead atoms. The Bertz CT molecular complexity index is 5210. The predicted molar refractivity (Wildman–Crippen MR) is 324 cm³/mol. The number of aromatic nitrogens is 3. The molecule has 6 heteroatoms. The van der Waals surface area contributed by atoms with Crippen LogP contribution in [0.3, 0.4) is 0 Å². The molecule has 17 rings (SSSR count). The van der Waals surface area contributed by atoms with Crippen molar-refractivity contribution in [1.29, 1.82) is 0 Å². The van der Waals surface area contributed by atoms with Gasteiger partial charge in [-0.3, -0.25) is 0 Å². The van der Waals surface area contributed by atoms with Gasteiger partial charge in [0.25, 0.3) is 0 Å². The Balaban J connectivity index is 0.934. The maximum atomic E-state index is 6.63. The predicted octanol–water partition coefficient (Wildman–Crippen LogP) is 19.9. The van der Waals surface area contributed by atoms with E-state index in [1.165, 1.54) is 54.5 Å². The number of nitrogens with zero attached hydrogens (tertiary/aromatic N) is 4. The van der Waals surface area contributed by atoms with Gasteiger partial charge in [0.2, 0.25) is 0 Å². The van der Waals surface area contributed by atoms with Gasteiger partial charge in [-0.25, -0.2) is 0 Å². The van der Waals surface area contributed by atoms with Gasteiger partial charge >= 0.3 is 0 Å². The SMILES string of the molecule is c1ccc(-c2ccc(-n3c4c(ccc5c4c4ccccc4n5-c4ccc5oc6ccccc6c5c4)c4ccc5c(c6ccccc6n5-c5ccc6oc7ccc(N(c8ccccc8)c8ccccc8)cc7c6c5)c43)cc2)cc1. The van der Waals surface area contributed by atoms with Crippen LogP contribution in [0.25, 0.3) is 137 Å². The molecule has 0 radical (unpaired) electrons. The highest BCUT2D eigenvalue weighted by Gasteiger charge is 2.26. The van der Waals surface area contributed by atoms with Crippen molar-refractivity contribution in [2.45, 2.75) is 0 Å². The first kappa shape index (κ1) is 42.8. The van der Waals surface area contributed by atoms with Crippen LogP contribution >= 0.6 is 0 Å². The molecule has 12 aromatic carbocycles. The summed E-state index contributed by atoms with van der Waals surface area (Å²) in [6, 6.07) is 96.3. The molecule has 0 fully saturated rings. The number of hydrogen-bond acceptors (Lipinski definition) is 3. The van der Waals surface area contributed by atoms with Crippen LogP contribution in [-0.2, 0) is 0 Å². The Morgan fingerprint density at radius 2 is 0.667 bits per heavy atom. The molecule has 0 spiro atoms. The zero-order valence-electron chi connectivity index (χ0n) is 42.0. The second kappa shape index (κ2) is 16.5. The topological polar surface area (TPSA) is 44.3 Å². The van der Waals surface area contributed by atoms with Gasteiger partial charge in [-0.15, -0.1) is 0 Å². The van der Waals surface area contributed by atoms with Crippen LogP contribution in [0.5, 0.6) is 0 Å². The maximum Gasteiger partial charge on any atom is 0.135 e. The molecule has 0 atom stereocenters. The summed E-state index contributed by atoms with van der Waals surface area (Å²) in [5, 5.41) is 11.5. The fourth-order valence-electron chi connectivity index (χ4n) is 12.8. The Labute approximate surface area is 446 Å². The molecule has 0 aliphatic rings. The molecule has 0 amide bonds. The third-order valence-corrected chi connectivity index (χ3v) is 16.2. The summed E-state index contributed by atoms with van der Waals surface area (Å²) in [6.07, 6.45) is 0. The lowest BCUT2D eigenvalue weighted by Crippen LogP contribution is -2.09. The highest BCUT2D eigenvalue weighted by Crippen LogP contribution is 2.48. The fraction of sp³-hybridized carbons (Fsp3) is 0. The van der Waals surface area contributed by atoms with Crippen molar-refractivity contribution in [3.8, 4) is 28.2 Å². The minimum atomic E-state index is 0.848. The minimum absolute atomic E-state index is 0.848. The normalized spacial score (nSPS) is 12.1. The smallest absolute Gasteiger partial charge is 0.135 e. The first-order chi connectivity index (χ1) is 38.7.